The van der Waals surface area contributed by atoms with E-state index < -0.39 is 0 Å². The summed E-state index contributed by atoms with van der Waals surface area (Å²) in [7, 11) is 0. The fourth-order valence-corrected chi connectivity index (χ4v) is 1.66. The average molecular weight is 275 g/mol. The van der Waals surface area contributed by atoms with E-state index in [0.29, 0.717) is 5.82 Å². The summed E-state index contributed by atoms with van der Waals surface area (Å²) in [6, 6.07) is 8.98. The predicted octanol–water partition coefficient (Wildman–Crippen LogP) is 0.447. The maximum Gasteiger partial charge on any atom is 0.315 e. The van der Waals surface area contributed by atoms with Crippen molar-refractivity contribution >= 4 is 6.03 Å². The lowest BCUT2D eigenvalue weighted by atomic mass is 10.3. The van der Waals surface area contributed by atoms with E-state index in [4.69, 9.17) is 5.11 Å². The number of nitrogens with one attached hydrogen (secondary N) is 2. The Hall–Kier alpha value is -2.41. The molecule has 0 aliphatic heterocycles. The van der Waals surface area contributed by atoms with Crippen LogP contribution in [0.15, 0.2) is 36.7 Å². The van der Waals surface area contributed by atoms with Crippen LogP contribution in [0.4, 0.5) is 4.79 Å². The zero-order valence-corrected chi connectivity index (χ0v) is 11.2. The molecule has 0 fully saturated rings. The summed E-state index contributed by atoms with van der Waals surface area (Å²) in [4.78, 5) is 11.6. The SMILES string of the molecule is CC(CO)NC(=O)NCc1nncn1-c1ccccc1. The van der Waals surface area contributed by atoms with Crippen LogP contribution >= 0.6 is 0 Å². The molecule has 2 rings (SSSR count). The Morgan fingerprint density at radius 1 is 1.40 bits per heavy atom. The van der Waals surface area contributed by atoms with Gasteiger partial charge in [-0.2, -0.15) is 0 Å². The van der Waals surface area contributed by atoms with Crippen molar-refractivity contribution < 1.29 is 9.90 Å². The molecule has 2 aromatic rings. The summed E-state index contributed by atoms with van der Waals surface area (Å²) in [6.07, 6.45) is 1.60. The van der Waals surface area contributed by atoms with E-state index in [2.05, 4.69) is 20.8 Å². The van der Waals surface area contributed by atoms with Gasteiger partial charge in [-0.3, -0.25) is 4.57 Å². The number of amides is 2. The first-order chi connectivity index (χ1) is 9.70. The van der Waals surface area contributed by atoms with Gasteiger partial charge in [0.1, 0.15) is 6.33 Å². The van der Waals surface area contributed by atoms with Gasteiger partial charge in [0.25, 0.3) is 0 Å². The molecule has 3 N–H and O–H groups in total. The van der Waals surface area contributed by atoms with Crippen molar-refractivity contribution in [2.24, 2.45) is 0 Å². The van der Waals surface area contributed by atoms with Gasteiger partial charge < -0.3 is 15.7 Å². The summed E-state index contributed by atoms with van der Waals surface area (Å²) >= 11 is 0. The third-order valence-corrected chi connectivity index (χ3v) is 2.71. The van der Waals surface area contributed by atoms with Crippen LogP contribution in [0.5, 0.6) is 0 Å². The lowest BCUT2D eigenvalue weighted by Gasteiger charge is -2.12. The second-order valence-electron chi connectivity index (χ2n) is 4.36. The van der Waals surface area contributed by atoms with Gasteiger partial charge in [0, 0.05) is 5.69 Å². The highest BCUT2D eigenvalue weighted by Crippen LogP contribution is 2.08. The van der Waals surface area contributed by atoms with E-state index in [1.165, 1.54) is 0 Å². The number of para-hydroxylation sites is 1. The standard InChI is InChI=1S/C13H17N5O2/c1-10(8-19)16-13(20)14-7-12-17-15-9-18(12)11-5-3-2-4-6-11/h2-6,9-10,19H,7-8H2,1H3,(H2,14,16,20). The number of hydrogen-bond donors (Lipinski definition) is 3. The van der Waals surface area contributed by atoms with Gasteiger partial charge in [-0.05, 0) is 19.1 Å². The average Bonchev–Trinajstić information content (AvgIpc) is 2.94. The molecule has 0 saturated carbocycles. The Morgan fingerprint density at radius 3 is 2.85 bits per heavy atom. The number of benzene rings is 1. The monoisotopic (exact) mass is 275 g/mol. The molecule has 7 nitrogen and oxygen atoms in total. The lowest BCUT2D eigenvalue weighted by Crippen LogP contribution is -2.42. The Bertz CT molecular complexity index is 555. The molecule has 7 heteroatoms. The fraction of sp³-hybridized carbons (Fsp3) is 0.308. The molecule has 1 heterocycles. The first kappa shape index (κ1) is 14.0. The maximum atomic E-state index is 11.6. The van der Waals surface area contributed by atoms with E-state index in [1.54, 1.807) is 17.8 Å². The third kappa shape index (κ3) is 3.55. The Kier molecular flexibility index (Phi) is 4.67. The third-order valence-electron chi connectivity index (χ3n) is 2.71. The van der Waals surface area contributed by atoms with Crippen molar-refractivity contribution in [1.29, 1.82) is 0 Å². The van der Waals surface area contributed by atoms with Crippen LogP contribution in [0.2, 0.25) is 0 Å². The zero-order valence-electron chi connectivity index (χ0n) is 11.2. The van der Waals surface area contributed by atoms with E-state index in [9.17, 15) is 4.79 Å². The summed E-state index contributed by atoms with van der Waals surface area (Å²) in [5, 5.41) is 22.0. The molecule has 1 aromatic carbocycles. The van der Waals surface area contributed by atoms with Crippen molar-refractivity contribution in [3.05, 3.63) is 42.5 Å². The number of aromatic nitrogens is 3. The van der Waals surface area contributed by atoms with Crippen LogP contribution in [0.25, 0.3) is 5.69 Å². The number of hydrogen-bond acceptors (Lipinski definition) is 4. The van der Waals surface area contributed by atoms with Crippen LogP contribution < -0.4 is 10.6 Å². The summed E-state index contributed by atoms with van der Waals surface area (Å²) < 4.78 is 1.80. The largest absolute Gasteiger partial charge is 0.394 e. The van der Waals surface area contributed by atoms with Crippen molar-refractivity contribution in [1.82, 2.24) is 25.4 Å². The van der Waals surface area contributed by atoms with Crippen LogP contribution in [0, 0.1) is 0 Å². The number of aliphatic hydroxyl groups excluding tert-OH is 1. The zero-order chi connectivity index (χ0) is 14.4. The van der Waals surface area contributed by atoms with Crippen molar-refractivity contribution in [2.45, 2.75) is 19.5 Å². The van der Waals surface area contributed by atoms with Gasteiger partial charge in [0.2, 0.25) is 0 Å². The van der Waals surface area contributed by atoms with Gasteiger partial charge in [-0.15, -0.1) is 10.2 Å². The minimum absolute atomic E-state index is 0.104. The molecular formula is C13H17N5O2. The van der Waals surface area contributed by atoms with Gasteiger partial charge in [-0.25, -0.2) is 4.79 Å². The molecule has 20 heavy (non-hydrogen) atoms. The molecule has 0 aliphatic rings. The van der Waals surface area contributed by atoms with Crippen molar-refractivity contribution in [3.8, 4) is 5.69 Å². The molecule has 106 valence electrons. The smallest absolute Gasteiger partial charge is 0.315 e. The topological polar surface area (TPSA) is 92.1 Å². The van der Waals surface area contributed by atoms with Gasteiger partial charge in [0.05, 0.1) is 19.2 Å². The predicted molar refractivity (Wildman–Crippen MR) is 73.3 cm³/mol. The van der Waals surface area contributed by atoms with Gasteiger partial charge >= 0.3 is 6.03 Å². The summed E-state index contributed by atoms with van der Waals surface area (Å²) in [6.45, 7) is 1.86. The number of rotatable bonds is 5. The first-order valence-corrected chi connectivity index (χ1v) is 6.30. The van der Waals surface area contributed by atoms with Crippen molar-refractivity contribution in [3.63, 3.8) is 0 Å². The summed E-state index contributed by atoms with van der Waals surface area (Å²) in [5.41, 5.74) is 0.929. The molecule has 0 saturated heterocycles. The molecular weight excluding hydrogens is 258 g/mol. The van der Waals surface area contributed by atoms with E-state index in [1.807, 2.05) is 30.3 Å². The molecule has 2 amide bonds. The number of carbonyl (C=O) groups excluding carboxylic acids is 1. The quantitative estimate of drug-likeness (QED) is 0.738. The second kappa shape index (κ2) is 6.67. The van der Waals surface area contributed by atoms with Gasteiger partial charge in [0.15, 0.2) is 5.82 Å². The number of carbonyl (C=O) groups is 1. The summed E-state index contributed by atoms with van der Waals surface area (Å²) in [5.74, 6) is 0.628. The Balaban J connectivity index is 1.98. The minimum Gasteiger partial charge on any atom is -0.394 e. The van der Waals surface area contributed by atoms with Gasteiger partial charge in [-0.1, -0.05) is 18.2 Å². The highest BCUT2D eigenvalue weighted by Gasteiger charge is 2.09. The van der Waals surface area contributed by atoms with Crippen LogP contribution in [-0.4, -0.2) is 38.6 Å². The minimum atomic E-state index is -0.353. The van der Waals surface area contributed by atoms with Crippen LogP contribution in [-0.2, 0) is 6.54 Å². The van der Waals surface area contributed by atoms with Crippen molar-refractivity contribution in [2.75, 3.05) is 6.61 Å². The number of aliphatic hydroxyl groups is 1. The first-order valence-electron chi connectivity index (χ1n) is 6.30. The molecule has 0 radical (unpaired) electrons. The van der Waals surface area contributed by atoms with E-state index >= 15 is 0 Å². The van der Waals surface area contributed by atoms with Crippen LogP contribution in [0.3, 0.4) is 0 Å². The highest BCUT2D eigenvalue weighted by atomic mass is 16.3. The maximum absolute atomic E-state index is 11.6. The Labute approximate surface area is 116 Å². The molecule has 1 aromatic heterocycles. The highest BCUT2D eigenvalue weighted by molar-refractivity contribution is 5.74. The molecule has 0 aliphatic carbocycles. The Morgan fingerprint density at radius 2 is 2.15 bits per heavy atom. The number of nitrogens with zero attached hydrogens (tertiary/aromatic N) is 3. The lowest BCUT2D eigenvalue weighted by molar-refractivity contribution is 0.220. The second-order valence-corrected chi connectivity index (χ2v) is 4.36. The fourth-order valence-electron chi connectivity index (χ4n) is 1.66. The normalized spacial score (nSPS) is 11.9. The van der Waals surface area contributed by atoms with E-state index in [0.717, 1.165) is 5.69 Å². The molecule has 0 bridgehead atoms. The molecule has 1 unspecified atom stereocenters. The molecule has 0 spiro atoms. The van der Waals surface area contributed by atoms with E-state index in [-0.39, 0.29) is 25.2 Å². The molecule has 1 atom stereocenters. The van der Waals surface area contributed by atoms with Crippen LogP contribution in [0.1, 0.15) is 12.7 Å². The number of urea groups is 1.